The molecule has 5 nitrogen and oxygen atoms in total. The van der Waals surface area contributed by atoms with Gasteiger partial charge in [-0.3, -0.25) is 14.6 Å². The molecule has 1 N–H and O–H groups in total. The van der Waals surface area contributed by atoms with Crippen LogP contribution in [0.4, 0.5) is 0 Å². The fourth-order valence-electron chi connectivity index (χ4n) is 1.92. The summed E-state index contributed by atoms with van der Waals surface area (Å²) in [5.41, 5.74) is 4.17. The van der Waals surface area contributed by atoms with Crippen LogP contribution < -0.4 is 5.32 Å². The molecule has 0 amide bonds. The number of aryl methyl sites for hydroxylation is 3. The first-order chi connectivity index (χ1) is 8.56. The molecule has 0 spiro atoms. The van der Waals surface area contributed by atoms with Gasteiger partial charge in [0, 0.05) is 43.8 Å². The van der Waals surface area contributed by atoms with E-state index in [2.05, 4.69) is 27.3 Å². The Kier molecular flexibility index (Phi) is 3.72. The van der Waals surface area contributed by atoms with Gasteiger partial charge in [0.25, 0.3) is 0 Å². The SMILES string of the molecule is Cc1cnc(CNC(C)c2cn(C)nc2C)cn1. The maximum Gasteiger partial charge on any atom is 0.0724 e. The average molecular weight is 245 g/mol. The maximum absolute atomic E-state index is 4.35. The van der Waals surface area contributed by atoms with E-state index >= 15 is 0 Å². The Morgan fingerprint density at radius 2 is 2.06 bits per heavy atom. The molecule has 0 aliphatic carbocycles. The van der Waals surface area contributed by atoms with Crippen molar-refractivity contribution in [3.63, 3.8) is 0 Å². The third kappa shape index (κ3) is 2.92. The van der Waals surface area contributed by atoms with Crippen molar-refractivity contribution in [2.75, 3.05) is 0 Å². The van der Waals surface area contributed by atoms with Crippen molar-refractivity contribution in [3.05, 3.63) is 41.2 Å². The minimum Gasteiger partial charge on any atom is -0.304 e. The zero-order chi connectivity index (χ0) is 13.1. The lowest BCUT2D eigenvalue weighted by Crippen LogP contribution is -2.19. The minimum absolute atomic E-state index is 0.252. The Morgan fingerprint density at radius 1 is 1.28 bits per heavy atom. The molecule has 5 heteroatoms. The highest BCUT2D eigenvalue weighted by molar-refractivity contribution is 5.19. The fourth-order valence-corrected chi connectivity index (χ4v) is 1.92. The summed E-state index contributed by atoms with van der Waals surface area (Å²) in [4.78, 5) is 8.56. The number of nitrogens with zero attached hydrogens (tertiary/aromatic N) is 4. The predicted octanol–water partition coefficient (Wildman–Crippen LogP) is 1.68. The van der Waals surface area contributed by atoms with Gasteiger partial charge in [-0.25, -0.2) is 0 Å². The van der Waals surface area contributed by atoms with E-state index in [1.807, 2.05) is 38.0 Å². The van der Waals surface area contributed by atoms with Crippen LogP contribution in [0.5, 0.6) is 0 Å². The van der Waals surface area contributed by atoms with Crippen LogP contribution in [-0.2, 0) is 13.6 Å². The Bertz CT molecular complexity index is 515. The normalized spacial score (nSPS) is 12.7. The van der Waals surface area contributed by atoms with Crippen molar-refractivity contribution in [3.8, 4) is 0 Å². The highest BCUT2D eigenvalue weighted by atomic mass is 15.3. The second-order valence-corrected chi connectivity index (χ2v) is 4.60. The van der Waals surface area contributed by atoms with Crippen LogP contribution >= 0.6 is 0 Å². The van der Waals surface area contributed by atoms with E-state index in [0.29, 0.717) is 6.54 Å². The number of aromatic nitrogens is 4. The zero-order valence-electron chi connectivity index (χ0n) is 11.3. The van der Waals surface area contributed by atoms with Gasteiger partial charge in [0.05, 0.1) is 17.1 Å². The summed E-state index contributed by atoms with van der Waals surface area (Å²) in [5, 5.41) is 7.78. The summed E-state index contributed by atoms with van der Waals surface area (Å²) >= 11 is 0. The van der Waals surface area contributed by atoms with Gasteiger partial charge in [0.2, 0.25) is 0 Å². The van der Waals surface area contributed by atoms with Crippen LogP contribution in [0.15, 0.2) is 18.6 Å². The van der Waals surface area contributed by atoms with Crippen LogP contribution in [0, 0.1) is 13.8 Å². The molecule has 0 aromatic carbocycles. The molecule has 0 aliphatic rings. The Hall–Kier alpha value is -1.75. The van der Waals surface area contributed by atoms with Crippen molar-refractivity contribution < 1.29 is 0 Å². The van der Waals surface area contributed by atoms with Crippen LogP contribution in [0.25, 0.3) is 0 Å². The molecule has 2 rings (SSSR count). The number of rotatable bonds is 4. The largest absolute Gasteiger partial charge is 0.304 e. The van der Waals surface area contributed by atoms with Gasteiger partial charge in [0.1, 0.15) is 0 Å². The van der Waals surface area contributed by atoms with E-state index in [9.17, 15) is 0 Å². The maximum atomic E-state index is 4.35. The van der Waals surface area contributed by atoms with Crippen molar-refractivity contribution in [1.82, 2.24) is 25.1 Å². The van der Waals surface area contributed by atoms with E-state index in [1.165, 1.54) is 5.56 Å². The average Bonchev–Trinajstić information content (AvgIpc) is 2.67. The molecule has 0 fully saturated rings. The standard InChI is InChI=1S/C13H19N5/c1-9-5-16-12(6-14-9)7-15-10(2)13-8-18(4)17-11(13)3/h5-6,8,10,15H,7H2,1-4H3. The monoisotopic (exact) mass is 245 g/mol. The molecule has 2 heterocycles. The highest BCUT2D eigenvalue weighted by Gasteiger charge is 2.11. The van der Waals surface area contributed by atoms with Crippen LogP contribution in [0.3, 0.4) is 0 Å². The summed E-state index contributed by atoms with van der Waals surface area (Å²) in [6.45, 7) is 6.81. The summed E-state index contributed by atoms with van der Waals surface area (Å²) in [7, 11) is 1.94. The molecular formula is C13H19N5. The molecule has 96 valence electrons. The first kappa shape index (κ1) is 12.7. The van der Waals surface area contributed by atoms with Crippen molar-refractivity contribution in [1.29, 1.82) is 0 Å². The van der Waals surface area contributed by atoms with Gasteiger partial charge in [-0.15, -0.1) is 0 Å². The molecule has 2 aromatic heterocycles. The van der Waals surface area contributed by atoms with E-state index in [4.69, 9.17) is 0 Å². The molecule has 0 saturated carbocycles. The van der Waals surface area contributed by atoms with Gasteiger partial charge < -0.3 is 5.32 Å². The summed E-state index contributed by atoms with van der Waals surface area (Å²) in [6, 6.07) is 0.252. The van der Waals surface area contributed by atoms with Gasteiger partial charge in [-0.05, 0) is 20.8 Å². The fraction of sp³-hybridized carbons (Fsp3) is 0.462. The Morgan fingerprint density at radius 3 is 2.61 bits per heavy atom. The molecule has 1 atom stereocenters. The molecule has 18 heavy (non-hydrogen) atoms. The van der Waals surface area contributed by atoms with Gasteiger partial charge >= 0.3 is 0 Å². The first-order valence-corrected chi connectivity index (χ1v) is 6.07. The van der Waals surface area contributed by atoms with Crippen LogP contribution in [-0.4, -0.2) is 19.7 Å². The Labute approximate surface area is 107 Å². The second-order valence-electron chi connectivity index (χ2n) is 4.60. The van der Waals surface area contributed by atoms with Crippen molar-refractivity contribution in [2.45, 2.75) is 33.4 Å². The quantitative estimate of drug-likeness (QED) is 0.890. The molecule has 1 unspecified atom stereocenters. The lowest BCUT2D eigenvalue weighted by atomic mass is 10.1. The first-order valence-electron chi connectivity index (χ1n) is 6.07. The molecular weight excluding hydrogens is 226 g/mol. The number of hydrogen-bond donors (Lipinski definition) is 1. The molecule has 2 aromatic rings. The van der Waals surface area contributed by atoms with Gasteiger partial charge in [-0.2, -0.15) is 5.10 Å². The summed E-state index contributed by atoms with van der Waals surface area (Å²) in [6.07, 6.45) is 5.65. The summed E-state index contributed by atoms with van der Waals surface area (Å²) < 4.78 is 1.84. The van der Waals surface area contributed by atoms with Gasteiger partial charge in [-0.1, -0.05) is 0 Å². The van der Waals surface area contributed by atoms with Gasteiger partial charge in [0.15, 0.2) is 0 Å². The predicted molar refractivity (Wildman–Crippen MR) is 70.0 cm³/mol. The van der Waals surface area contributed by atoms with Crippen LogP contribution in [0.1, 0.15) is 35.6 Å². The zero-order valence-corrected chi connectivity index (χ0v) is 11.3. The molecule has 0 bridgehead atoms. The van der Waals surface area contributed by atoms with Crippen molar-refractivity contribution >= 4 is 0 Å². The summed E-state index contributed by atoms with van der Waals surface area (Å²) in [5.74, 6) is 0. The van der Waals surface area contributed by atoms with E-state index in [1.54, 1.807) is 6.20 Å². The van der Waals surface area contributed by atoms with E-state index in [-0.39, 0.29) is 6.04 Å². The molecule has 0 aliphatic heterocycles. The highest BCUT2D eigenvalue weighted by Crippen LogP contribution is 2.15. The number of nitrogens with one attached hydrogen (secondary N) is 1. The number of hydrogen-bond acceptors (Lipinski definition) is 4. The van der Waals surface area contributed by atoms with E-state index in [0.717, 1.165) is 17.1 Å². The molecule has 0 saturated heterocycles. The van der Waals surface area contributed by atoms with Crippen LogP contribution in [0.2, 0.25) is 0 Å². The third-order valence-electron chi connectivity index (χ3n) is 2.94. The van der Waals surface area contributed by atoms with E-state index < -0.39 is 0 Å². The Balaban J connectivity index is 1.98. The molecule has 0 radical (unpaired) electrons. The lowest BCUT2D eigenvalue weighted by molar-refractivity contribution is 0.563. The smallest absolute Gasteiger partial charge is 0.0724 e. The lowest BCUT2D eigenvalue weighted by Gasteiger charge is -2.12. The minimum atomic E-state index is 0.252. The topological polar surface area (TPSA) is 55.6 Å². The second kappa shape index (κ2) is 5.27. The van der Waals surface area contributed by atoms with Crippen molar-refractivity contribution in [2.24, 2.45) is 7.05 Å². The third-order valence-corrected chi connectivity index (χ3v) is 2.94.